The van der Waals surface area contributed by atoms with Crippen molar-refractivity contribution in [2.24, 2.45) is 0 Å². The molecule has 0 heterocycles. The number of aliphatic carboxylic acids is 1. The first-order chi connectivity index (χ1) is 9.06. The average Bonchev–Trinajstić information content (AvgIpc) is 2.40. The number of aliphatic hydroxyl groups is 1. The predicted octanol–water partition coefficient (Wildman–Crippen LogP) is 2.48. The highest BCUT2D eigenvalue weighted by atomic mass is 19.1. The molecular formula is C15H13FO3. The molecule has 2 aromatic rings. The van der Waals surface area contributed by atoms with Crippen LogP contribution in [0.2, 0.25) is 0 Å². The van der Waals surface area contributed by atoms with Crippen LogP contribution in [0.4, 0.5) is 4.39 Å². The topological polar surface area (TPSA) is 57.5 Å². The Morgan fingerprint density at radius 2 is 1.47 bits per heavy atom. The fourth-order valence-corrected chi connectivity index (χ4v) is 1.79. The molecular weight excluding hydrogens is 247 g/mol. The third kappa shape index (κ3) is 3.39. The highest BCUT2D eigenvalue weighted by Gasteiger charge is 2.13. The van der Waals surface area contributed by atoms with E-state index in [4.69, 9.17) is 5.11 Å². The lowest BCUT2D eigenvalue weighted by atomic mass is 10.0. The van der Waals surface area contributed by atoms with E-state index in [-0.39, 0.29) is 12.2 Å². The molecule has 0 bridgehead atoms. The molecule has 0 fully saturated rings. The summed E-state index contributed by atoms with van der Waals surface area (Å²) in [6.45, 7) is 0. The van der Waals surface area contributed by atoms with Gasteiger partial charge in [-0.25, -0.2) is 9.18 Å². The molecule has 2 N–H and O–H groups in total. The number of carboxylic acid groups (broad SMARTS) is 1. The maximum atomic E-state index is 12.8. The fraction of sp³-hybridized carbons (Fsp3) is 0.133. The maximum absolute atomic E-state index is 12.8. The minimum Gasteiger partial charge on any atom is -0.479 e. The number of hydrogen-bond acceptors (Lipinski definition) is 2. The second-order valence-electron chi connectivity index (χ2n) is 4.26. The van der Waals surface area contributed by atoms with Gasteiger partial charge in [-0.3, -0.25) is 0 Å². The Labute approximate surface area is 109 Å². The van der Waals surface area contributed by atoms with Gasteiger partial charge in [0.25, 0.3) is 0 Å². The van der Waals surface area contributed by atoms with Gasteiger partial charge in [0.1, 0.15) is 5.82 Å². The Balaban J connectivity index is 2.14. The summed E-state index contributed by atoms with van der Waals surface area (Å²) in [5, 5.41) is 17.9. The van der Waals surface area contributed by atoms with Crippen LogP contribution in [-0.2, 0) is 11.2 Å². The van der Waals surface area contributed by atoms with E-state index >= 15 is 0 Å². The van der Waals surface area contributed by atoms with Gasteiger partial charge in [-0.15, -0.1) is 0 Å². The highest BCUT2D eigenvalue weighted by Crippen LogP contribution is 2.20. The smallest absolute Gasteiger partial charge is 0.332 e. The first-order valence-electron chi connectivity index (χ1n) is 5.82. The summed E-state index contributed by atoms with van der Waals surface area (Å²) < 4.78 is 12.8. The van der Waals surface area contributed by atoms with Crippen LogP contribution in [-0.4, -0.2) is 22.3 Å². The second-order valence-corrected chi connectivity index (χ2v) is 4.26. The van der Waals surface area contributed by atoms with Gasteiger partial charge >= 0.3 is 5.97 Å². The van der Waals surface area contributed by atoms with Crippen molar-refractivity contribution in [2.45, 2.75) is 12.5 Å². The average molecular weight is 260 g/mol. The van der Waals surface area contributed by atoms with E-state index in [2.05, 4.69) is 0 Å². The molecule has 1 atom stereocenters. The lowest BCUT2D eigenvalue weighted by Gasteiger charge is -2.07. The number of hydrogen-bond donors (Lipinski definition) is 2. The van der Waals surface area contributed by atoms with Crippen LogP contribution in [0.1, 0.15) is 5.56 Å². The normalized spacial score (nSPS) is 12.1. The minimum atomic E-state index is -1.39. The highest BCUT2D eigenvalue weighted by molar-refractivity contribution is 5.72. The van der Waals surface area contributed by atoms with Gasteiger partial charge in [-0.2, -0.15) is 0 Å². The molecule has 0 aliphatic heterocycles. The van der Waals surface area contributed by atoms with Crippen molar-refractivity contribution in [2.75, 3.05) is 0 Å². The first-order valence-corrected chi connectivity index (χ1v) is 5.82. The predicted molar refractivity (Wildman–Crippen MR) is 69.2 cm³/mol. The van der Waals surface area contributed by atoms with Gasteiger partial charge in [0, 0.05) is 6.42 Å². The molecule has 0 spiro atoms. The van der Waals surface area contributed by atoms with Gasteiger partial charge in [-0.1, -0.05) is 36.4 Å². The monoisotopic (exact) mass is 260 g/mol. The van der Waals surface area contributed by atoms with Crippen LogP contribution in [0.5, 0.6) is 0 Å². The Morgan fingerprint density at radius 1 is 1.00 bits per heavy atom. The summed E-state index contributed by atoms with van der Waals surface area (Å²) in [5.74, 6) is -1.52. The summed E-state index contributed by atoms with van der Waals surface area (Å²) in [4.78, 5) is 10.5. The molecule has 0 aromatic heterocycles. The van der Waals surface area contributed by atoms with Crippen LogP contribution in [0.3, 0.4) is 0 Å². The standard InChI is InChI=1S/C15H13FO3/c16-13-7-5-12(6-8-13)11-3-1-10(2-4-11)9-14(17)15(18)19/h1-8,14,17H,9H2,(H,18,19)/t14-/m1/s1. The van der Waals surface area contributed by atoms with E-state index in [1.54, 1.807) is 24.3 Å². The second kappa shape index (κ2) is 5.63. The van der Waals surface area contributed by atoms with E-state index in [0.29, 0.717) is 0 Å². The van der Waals surface area contributed by atoms with Crippen molar-refractivity contribution < 1.29 is 19.4 Å². The van der Waals surface area contributed by atoms with Crippen molar-refractivity contribution in [3.05, 3.63) is 59.9 Å². The molecule has 0 amide bonds. The molecule has 3 nitrogen and oxygen atoms in total. The van der Waals surface area contributed by atoms with Crippen molar-refractivity contribution >= 4 is 5.97 Å². The van der Waals surface area contributed by atoms with E-state index < -0.39 is 12.1 Å². The van der Waals surface area contributed by atoms with Crippen LogP contribution in [0.25, 0.3) is 11.1 Å². The Kier molecular flexibility index (Phi) is 3.92. The number of rotatable bonds is 4. The number of aliphatic hydroxyl groups excluding tert-OH is 1. The number of halogens is 1. The van der Waals surface area contributed by atoms with Crippen LogP contribution in [0, 0.1) is 5.82 Å². The molecule has 0 radical (unpaired) electrons. The van der Waals surface area contributed by atoms with Gasteiger partial charge in [0.05, 0.1) is 0 Å². The summed E-state index contributed by atoms with van der Waals surface area (Å²) in [6, 6.07) is 13.3. The molecule has 2 aromatic carbocycles. The summed E-state index contributed by atoms with van der Waals surface area (Å²) in [5.41, 5.74) is 2.53. The molecule has 2 rings (SSSR count). The van der Waals surface area contributed by atoms with E-state index in [1.807, 2.05) is 12.1 Å². The van der Waals surface area contributed by atoms with Crippen LogP contribution < -0.4 is 0 Å². The van der Waals surface area contributed by atoms with Crippen molar-refractivity contribution in [1.82, 2.24) is 0 Å². The molecule has 0 aliphatic rings. The van der Waals surface area contributed by atoms with Crippen molar-refractivity contribution in [3.63, 3.8) is 0 Å². The maximum Gasteiger partial charge on any atom is 0.332 e. The van der Waals surface area contributed by atoms with Gasteiger partial charge in [-0.05, 0) is 28.8 Å². The number of carboxylic acids is 1. The zero-order valence-corrected chi connectivity index (χ0v) is 10.1. The Bertz CT molecular complexity index is 561. The number of benzene rings is 2. The molecule has 0 saturated carbocycles. The van der Waals surface area contributed by atoms with Crippen molar-refractivity contribution in [1.29, 1.82) is 0 Å². The molecule has 0 saturated heterocycles. The number of carbonyl (C=O) groups is 1. The lowest BCUT2D eigenvalue weighted by molar-refractivity contribution is -0.146. The summed E-state index contributed by atoms with van der Waals surface area (Å²) >= 11 is 0. The largest absolute Gasteiger partial charge is 0.479 e. The Morgan fingerprint density at radius 3 is 1.95 bits per heavy atom. The first kappa shape index (κ1) is 13.2. The molecule has 4 heteroatoms. The zero-order valence-electron chi connectivity index (χ0n) is 10.1. The third-order valence-electron chi connectivity index (χ3n) is 2.85. The molecule has 98 valence electrons. The van der Waals surface area contributed by atoms with E-state index in [9.17, 15) is 14.3 Å². The van der Waals surface area contributed by atoms with Gasteiger partial charge < -0.3 is 10.2 Å². The van der Waals surface area contributed by atoms with Gasteiger partial charge in [0.15, 0.2) is 6.10 Å². The lowest BCUT2D eigenvalue weighted by Crippen LogP contribution is -2.21. The zero-order chi connectivity index (χ0) is 13.8. The minimum absolute atomic E-state index is 0.0685. The SMILES string of the molecule is O=C(O)[C@H](O)Cc1ccc(-c2ccc(F)cc2)cc1. The fourth-order valence-electron chi connectivity index (χ4n) is 1.79. The molecule has 0 unspecified atom stereocenters. The summed E-state index contributed by atoms with van der Waals surface area (Å²) in [7, 11) is 0. The van der Waals surface area contributed by atoms with Gasteiger partial charge in [0.2, 0.25) is 0 Å². The quantitative estimate of drug-likeness (QED) is 0.888. The molecule has 0 aliphatic carbocycles. The van der Waals surface area contributed by atoms with E-state index in [0.717, 1.165) is 16.7 Å². The van der Waals surface area contributed by atoms with Crippen molar-refractivity contribution in [3.8, 4) is 11.1 Å². The van der Waals surface area contributed by atoms with E-state index in [1.165, 1.54) is 12.1 Å². The van der Waals surface area contributed by atoms with Crippen LogP contribution in [0.15, 0.2) is 48.5 Å². The third-order valence-corrected chi connectivity index (χ3v) is 2.85. The molecule has 19 heavy (non-hydrogen) atoms. The Hall–Kier alpha value is -2.20. The summed E-state index contributed by atoms with van der Waals surface area (Å²) in [6.07, 6.45) is -1.32. The van der Waals surface area contributed by atoms with Crippen LogP contribution >= 0.6 is 0 Å².